The SMILES string of the molecule is CCOC(=O)Cc1ccc2c(c1)CC(NC=O)C2. The first-order valence-electron chi connectivity index (χ1n) is 6.19. The summed E-state index contributed by atoms with van der Waals surface area (Å²) in [7, 11) is 0. The predicted octanol–water partition coefficient (Wildman–Crippen LogP) is 1.01. The molecule has 0 heterocycles. The van der Waals surface area contributed by atoms with Gasteiger partial charge < -0.3 is 10.1 Å². The van der Waals surface area contributed by atoms with Crippen LogP contribution in [-0.4, -0.2) is 25.0 Å². The molecule has 1 aromatic rings. The average molecular weight is 247 g/mol. The maximum absolute atomic E-state index is 11.4. The molecule has 0 aliphatic heterocycles. The van der Waals surface area contributed by atoms with Gasteiger partial charge in [0, 0.05) is 6.04 Å². The van der Waals surface area contributed by atoms with Gasteiger partial charge in [-0.15, -0.1) is 0 Å². The summed E-state index contributed by atoms with van der Waals surface area (Å²) in [4.78, 5) is 21.8. The van der Waals surface area contributed by atoms with Crippen molar-refractivity contribution in [2.45, 2.75) is 32.2 Å². The van der Waals surface area contributed by atoms with E-state index in [-0.39, 0.29) is 12.0 Å². The van der Waals surface area contributed by atoms with Gasteiger partial charge in [0.1, 0.15) is 0 Å². The van der Waals surface area contributed by atoms with Gasteiger partial charge in [0.2, 0.25) is 6.41 Å². The van der Waals surface area contributed by atoms with Gasteiger partial charge in [-0.2, -0.15) is 0 Å². The third kappa shape index (κ3) is 2.88. The lowest BCUT2D eigenvalue weighted by molar-refractivity contribution is -0.142. The molecule has 4 nitrogen and oxygen atoms in total. The fourth-order valence-electron chi connectivity index (χ4n) is 2.37. The molecule has 1 aliphatic rings. The number of esters is 1. The summed E-state index contributed by atoms with van der Waals surface area (Å²) in [5.41, 5.74) is 3.44. The minimum atomic E-state index is -0.196. The van der Waals surface area contributed by atoms with Crippen molar-refractivity contribution in [3.63, 3.8) is 0 Å². The number of benzene rings is 1. The Morgan fingerprint density at radius 3 is 2.94 bits per heavy atom. The third-order valence-electron chi connectivity index (χ3n) is 3.16. The van der Waals surface area contributed by atoms with Crippen molar-refractivity contribution in [3.05, 3.63) is 34.9 Å². The third-order valence-corrected chi connectivity index (χ3v) is 3.16. The lowest BCUT2D eigenvalue weighted by Crippen LogP contribution is -2.27. The molecule has 96 valence electrons. The topological polar surface area (TPSA) is 55.4 Å². The number of carbonyl (C=O) groups is 2. The van der Waals surface area contributed by atoms with Gasteiger partial charge in [-0.1, -0.05) is 18.2 Å². The maximum Gasteiger partial charge on any atom is 0.310 e. The van der Waals surface area contributed by atoms with Crippen LogP contribution in [0.15, 0.2) is 18.2 Å². The number of carbonyl (C=O) groups excluding carboxylic acids is 2. The van der Waals surface area contributed by atoms with E-state index in [1.54, 1.807) is 6.92 Å². The van der Waals surface area contributed by atoms with E-state index < -0.39 is 0 Å². The average Bonchev–Trinajstić information content (AvgIpc) is 2.71. The summed E-state index contributed by atoms with van der Waals surface area (Å²) in [6.07, 6.45) is 2.77. The first kappa shape index (κ1) is 12.6. The zero-order valence-corrected chi connectivity index (χ0v) is 10.4. The second-order valence-electron chi connectivity index (χ2n) is 4.47. The number of fused-ring (bicyclic) bond motifs is 1. The summed E-state index contributed by atoms with van der Waals surface area (Å²) in [6, 6.07) is 6.23. The van der Waals surface area contributed by atoms with Crippen LogP contribution in [0.2, 0.25) is 0 Å². The van der Waals surface area contributed by atoms with Gasteiger partial charge in [0.05, 0.1) is 13.0 Å². The Balaban J connectivity index is 2.03. The van der Waals surface area contributed by atoms with Crippen molar-refractivity contribution in [3.8, 4) is 0 Å². The fourth-order valence-corrected chi connectivity index (χ4v) is 2.37. The molecule has 0 bridgehead atoms. The van der Waals surface area contributed by atoms with E-state index in [0.717, 1.165) is 24.8 Å². The van der Waals surface area contributed by atoms with Crippen molar-refractivity contribution < 1.29 is 14.3 Å². The summed E-state index contributed by atoms with van der Waals surface area (Å²) in [6.45, 7) is 2.21. The number of hydrogen-bond acceptors (Lipinski definition) is 3. The van der Waals surface area contributed by atoms with Crippen LogP contribution in [0.25, 0.3) is 0 Å². The maximum atomic E-state index is 11.4. The number of hydrogen-bond donors (Lipinski definition) is 1. The highest BCUT2D eigenvalue weighted by Gasteiger charge is 2.21. The van der Waals surface area contributed by atoms with Crippen LogP contribution in [0, 0.1) is 0 Å². The van der Waals surface area contributed by atoms with E-state index in [1.165, 1.54) is 11.1 Å². The molecule has 18 heavy (non-hydrogen) atoms. The minimum absolute atomic E-state index is 0.190. The van der Waals surface area contributed by atoms with Crippen LogP contribution >= 0.6 is 0 Å². The molecule has 0 radical (unpaired) electrons. The van der Waals surface area contributed by atoms with Gasteiger partial charge in [0.15, 0.2) is 0 Å². The highest BCUT2D eigenvalue weighted by molar-refractivity contribution is 5.72. The second kappa shape index (κ2) is 5.67. The van der Waals surface area contributed by atoms with E-state index in [1.807, 2.05) is 18.2 Å². The van der Waals surface area contributed by atoms with Crippen LogP contribution in [0.5, 0.6) is 0 Å². The zero-order valence-electron chi connectivity index (χ0n) is 10.4. The van der Waals surface area contributed by atoms with Crippen LogP contribution in [0.4, 0.5) is 0 Å². The summed E-state index contributed by atoms with van der Waals surface area (Å²) in [5, 5.41) is 2.80. The Kier molecular flexibility index (Phi) is 3.97. The summed E-state index contributed by atoms with van der Waals surface area (Å²) < 4.78 is 4.93. The molecule has 1 aliphatic carbocycles. The molecule has 1 aromatic carbocycles. The van der Waals surface area contributed by atoms with E-state index in [0.29, 0.717) is 13.0 Å². The molecule has 2 rings (SSSR count). The highest BCUT2D eigenvalue weighted by atomic mass is 16.5. The largest absolute Gasteiger partial charge is 0.466 e. The molecule has 0 fully saturated rings. The summed E-state index contributed by atoms with van der Waals surface area (Å²) >= 11 is 0. The van der Waals surface area contributed by atoms with Crippen molar-refractivity contribution >= 4 is 12.4 Å². The molecule has 0 aromatic heterocycles. The molecular weight excluding hydrogens is 230 g/mol. The number of amides is 1. The van der Waals surface area contributed by atoms with Gasteiger partial charge in [-0.3, -0.25) is 9.59 Å². The van der Waals surface area contributed by atoms with E-state index in [4.69, 9.17) is 4.74 Å². The van der Waals surface area contributed by atoms with E-state index in [2.05, 4.69) is 5.32 Å². The molecule has 0 saturated carbocycles. The summed E-state index contributed by atoms with van der Waals surface area (Å²) in [5.74, 6) is -0.196. The Morgan fingerprint density at radius 2 is 2.22 bits per heavy atom. The second-order valence-corrected chi connectivity index (χ2v) is 4.47. The molecule has 0 saturated heterocycles. The Hall–Kier alpha value is -1.84. The first-order chi connectivity index (χ1) is 8.72. The quantitative estimate of drug-likeness (QED) is 0.624. The molecule has 0 spiro atoms. The Bertz CT molecular complexity index is 456. The molecule has 1 atom stereocenters. The predicted molar refractivity (Wildman–Crippen MR) is 67.2 cm³/mol. The highest BCUT2D eigenvalue weighted by Crippen LogP contribution is 2.23. The number of nitrogens with one attached hydrogen (secondary N) is 1. The fraction of sp³-hybridized carbons (Fsp3) is 0.429. The van der Waals surface area contributed by atoms with Crippen LogP contribution in [-0.2, 0) is 33.6 Å². The molecule has 1 unspecified atom stereocenters. The van der Waals surface area contributed by atoms with Gasteiger partial charge in [0.25, 0.3) is 0 Å². The van der Waals surface area contributed by atoms with Crippen LogP contribution in [0.1, 0.15) is 23.6 Å². The lowest BCUT2D eigenvalue weighted by Gasteiger charge is -2.05. The van der Waals surface area contributed by atoms with Gasteiger partial charge >= 0.3 is 5.97 Å². The minimum Gasteiger partial charge on any atom is -0.466 e. The molecule has 4 heteroatoms. The van der Waals surface area contributed by atoms with Crippen molar-refractivity contribution in [2.75, 3.05) is 6.61 Å². The van der Waals surface area contributed by atoms with Crippen LogP contribution in [0.3, 0.4) is 0 Å². The van der Waals surface area contributed by atoms with Crippen molar-refractivity contribution in [1.29, 1.82) is 0 Å². The van der Waals surface area contributed by atoms with E-state index >= 15 is 0 Å². The van der Waals surface area contributed by atoms with Gasteiger partial charge in [-0.25, -0.2) is 0 Å². The van der Waals surface area contributed by atoms with Crippen LogP contribution < -0.4 is 5.32 Å². The number of ether oxygens (including phenoxy) is 1. The van der Waals surface area contributed by atoms with Crippen molar-refractivity contribution in [1.82, 2.24) is 5.32 Å². The number of rotatable bonds is 5. The molecular formula is C14H17NO3. The molecule has 1 N–H and O–H groups in total. The van der Waals surface area contributed by atoms with E-state index in [9.17, 15) is 9.59 Å². The Labute approximate surface area is 106 Å². The lowest BCUT2D eigenvalue weighted by atomic mass is 10.0. The van der Waals surface area contributed by atoms with Gasteiger partial charge in [-0.05, 0) is 36.5 Å². The standard InChI is InChI=1S/C14H17NO3/c1-2-18-14(17)6-10-3-4-11-7-13(15-9-16)8-12(11)5-10/h3-5,9,13H,2,6-8H2,1H3,(H,15,16). The zero-order chi connectivity index (χ0) is 13.0. The first-order valence-corrected chi connectivity index (χ1v) is 6.19. The van der Waals surface area contributed by atoms with Crippen molar-refractivity contribution in [2.24, 2.45) is 0 Å². The monoisotopic (exact) mass is 247 g/mol. The normalized spacial score (nSPS) is 17.1. The molecule has 1 amide bonds. The Morgan fingerprint density at radius 1 is 1.44 bits per heavy atom. The smallest absolute Gasteiger partial charge is 0.310 e.